The molecule has 7 nitrogen and oxygen atoms in total. The summed E-state index contributed by atoms with van der Waals surface area (Å²) in [7, 11) is 1.92. The van der Waals surface area contributed by atoms with E-state index in [0.717, 1.165) is 54.8 Å². The summed E-state index contributed by atoms with van der Waals surface area (Å²) in [6, 6.07) is 1.94. The maximum Gasteiger partial charge on any atom is 0.240 e. The second-order valence-corrected chi connectivity index (χ2v) is 6.31. The quantitative estimate of drug-likeness (QED) is 0.797. The summed E-state index contributed by atoms with van der Waals surface area (Å²) >= 11 is 0. The van der Waals surface area contributed by atoms with Crippen molar-refractivity contribution in [2.75, 3.05) is 13.1 Å². The monoisotopic (exact) mass is 326 g/mol. The Morgan fingerprint density at radius 1 is 1.25 bits per heavy atom. The summed E-state index contributed by atoms with van der Waals surface area (Å²) in [6.07, 6.45) is 9.05. The minimum Gasteiger partial charge on any atom is -0.473 e. The zero-order valence-electron chi connectivity index (χ0n) is 14.1. The molecule has 1 aliphatic heterocycles. The van der Waals surface area contributed by atoms with Gasteiger partial charge < -0.3 is 10.1 Å². The zero-order valence-corrected chi connectivity index (χ0v) is 14.1. The Kier molecular flexibility index (Phi) is 3.93. The van der Waals surface area contributed by atoms with Gasteiger partial charge in [0.2, 0.25) is 5.88 Å². The molecule has 3 aromatic heterocycles. The summed E-state index contributed by atoms with van der Waals surface area (Å²) in [6.45, 7) is 4.04. The van der Waals surface area contributed by atoms with Crippen molar-refractivity contribution >= 4 is 5.52 Å². The number of rotatable bonds is 3. The molecule has 1 fully saturated rings. The van der Waals surface area contributed by atoms with Gasteiger partial charge in [0.1, 0.15) is 11.6 Å². The van der Waals surface area contributed by atoms with Gasteiger partial charge in [0.15, 0.2) is 0 Å². The summed E-state index contributed by atoms with van der Waals surface area (Å²) in [5.74, 6) is 0.653. The predicted octanol–water partition coefficient (Wildman–Crippen LogP) is 1.96. The molecule has 0 spiro atoms. The third-order valence-corrected chi connectivity index (χ3v) is 4.45. The Morgan fingerprint density at radius 3 is 3.00 bits per heavy atom. The first-order valence-corrected chi connectivity index (χ1v) is 8.43. The van der Waals surface area contributed by atoms with Crippen molar-refractivity contribution in [2.45, 2.75) is 32.3 Å². The lowest BCUT2D eigenvalue weighted by Crippen LogP contribution is -2.20. The van der Waals surface area contributed by atoms with Crippen molar-refractivity contribution in [1.29, 1.82) is 0 Å². The number of hydrogen-bond acceptors (Lipinski definition) is 5. The second-order valence-electron chi connectivity index (χ2n) is 6.31. The Bertz CT molecular complexity index is 844. The van der Waals surface area contributed by atoms with E-state index in [0.29, 0.717) is 5.88 Å². The minimum absolute atomic E-state index is 0.191. The molecule has 0 amide bonds. The summed E-state index contributed by atoms with van der Waals surface area (Å²) in [5.41, 5.74) is 3.68. The highest BCUT2D eigenvalue weighted by Crippen LogP contribution is 2.27. The first kappa shape index (κ1) is 15.1. The molecule has 1 unspecified atom stereocenters. The maximum atomic E-state index is 6.28. The van der Waals surface area contributed by atoms with Gasteiger partial charge in [0, 0.05) is 18.8 Å². The Morgan fingerprint density at radius 2 is 2.17 bits per heavy atom. The van der Waals surface area contributed by atoms with Crippen LogP contribution in [-0.2, 0) is 7.05 Å². The smallest absolute Gasteiger partial charge is 0.240 e. The minimum atomic E-state index is 0.191. The SMILES string of the molecule is Cc1nn(C)cc1-c1cn2nccc2c(OC2CCCNCC2)n1. The summed E-state index contributed by atoms with van der Waals surface area (Å²) in [4.78, 5) is 4.79. The van der Waals surface area contributed by atoms with E-state index in [9.17, 15) is 0 Å². The molecule has 0 bridgehead atoms. The van der Waals surface area contributed by atoms with Crippen LogP contribution in [0, 0.1) is 6.92 Å². The van der Waals surface area contributed by atoms with Crippen molar-refractivity contribution in [1.82, 2.24) is 29.7 Å². The number of aromatic nitrogens is 5. The number of nitrogens with one attached hydrogen (secondary N) is 1. The van der Waals surface area contributed by atoms with Crippen LogP contribution >= 0.6 is 0 Å². The molecule has 0 saturated carbocycles. The third kappa shape index (κ3) is 2.87. The summed E-state index contributed by atoms with van der Waals surface area (Å²) < 4.78 is 9.91. The van der Waals surface area contributed by atoms with Gasteiger partial charge in [-0.2, -0.15) is 10.2 Å². The number of hydrogen-bond donors (Lipinski definition) is 1. The predicted molar refractivity (Wildman–Crippen MR) is 91.1 cm³/mol. The van der Waals surface area contributed by atoms with Gasteiger partial charge in [-0.1, -0.05) is 0 Å². The van der Waals surface area contributed by atoms with Gasteiger partial charge in [0.05, 0.1) is 23.8 Å². The van der Waals surface area contributed by atoms with Gasteiger partial charge in [-0.25, -0.2) is 9.50 Å². The molecule has 7 heteroatoms. The average molecular weight is 326 g/mol. The standard InChI is InChI=1S/C17H22N6O/c1-12-14(10-22(2)21-12)15-11-23-16(6-9-19-23)17(20-15)24-13-4-3-7-18-8-5-13/h6,9-11,13,18H,3-5,7-8H2,1-2H3. The van der Waals surface area contributed by atoms with Gasteiger partial charge in [-0.05, 0) is 45.3 Å². The Balaban J connectivity index is 1.73. The van der Waals surface area contributed by atoms with E-state index in [2.05, 4.69) is 15.5 Å². The Hall–Kier alpha value is -2.41. The fraction of sp³-hybridized carbons (Fsp3) is 0.471. The molecule has 0 aliphatic carbocycles. The van der Waals surface area contributed by atoms with E-state index in [1.54, 1.807) is 10.9 Å². The molecule has 126 valence electrons. The number of fused-ring (bicyclic) bond motifs is 1. The zero-order chi connectivity index (χ0) is 16.5. The first-order valence-electron chi connectivity index (χ1n) is 8.43. The van der Waals surface area contributed by atoms with Crippen LogP contribution in [0.5, 0.6) is 5.88 Å². The molecule has 0 aromatic carbocycles. The van der Waals surface area contributed by atoms with Crippen LogP contribution < -0.4 is 10.1 Å². The van der Waals surface area contributed by atoms with Crippen LogP contribution in [0.3, 0.4) is 0 Å². The second kappa shape index (κ2) is 6.24. The molecule has 1 atom stereocenters. The van der Waals surface area contributed by atoms with Gasteiger partial charge in [-0.15, -0.1) is 0 Å². The van der Waals surface area contributed by atoms with Gasteiger partial charge in [0.25, 0.3) is 0 Å². The lowest BCUT2D eigenvalue weighted by Gasteiger charge is -2.17. The largest absolute Gasteiger partial charge is 0.473 e. The molecule has 4 heterocycles. The lowest BCUT2D eigenvalue weighted by molar-refractivity contribution is 0.182. The topological polar surface area (TPSA) is 69.3 Å². The fourth-order valence-corrected chi connectivity index (χ4v) is 3.23. The number of nitrogens with zero attached hydrogens (tertiary/aromatic N) is 5. The van der Waals surface area contributed by atoms with Crippen LogP contribution in [0.2, 0.25) is 0 Å². The van der Waals surface area contributed by atoms with Crippen LogP contribution in [-0.4, -0.2) is 43.6 Å². The molecule has 1 saturated heterocycles. The summed E-state index contributed by atoms with van der Waals surface area (Å²) in [5, 5.41) is 12.2. The van der Waals surface area contributed by atoms with Crippen molar-refractivity contribution in [3.63, 3.8) is 0 Å². The highest BCUT2D eigenvalue weighted by Gasteiger charge is 2.18. The van der Waals surface area contributed by atoms with Gasteiger partial charge >= 0.3 is 0 Å². The normalized spacial score (nSPS) is 18.7. The number of aryl methyl sites for hydroxylation is 2. The lowest BCUT2D eigenvalue weighted by atomic mass is 10.1. The van der Waals surface area contributed by atoms with Crippen molar-refractivity contribution < 1.29 is 4.74 Å². The van der Waals surface area contributed by atoms with Crippen molar-refractivity contribution in [2.24, 2.45) is 7.05 Å². The molecule has 3 aromatic rings. The van der Waals surface area contributed by atoms with Crippen LogP contribution in [0.15, 0.2) is 24.7 Å². The third-order valence-electron chi connectivity index (χ3n) is 4.45. The van der Waals surface area contributed by atoms with Crippen LogP contribution in [0.1, 0.15) is 25.0 Å². The molecular formula is C17H22N6O. The fourth-order valence-electron chi connectivity index (χ4n) is 3.23. The highest BCUT2D eigenvalue weighted by atomic mass is 16.5. The molecule has 24 heavy (non-hydrogen) atoms. The van der Waals surface area contributed by atoms with E-state index < -0.39 is 0 Å². The van der Waals surface area contributed by atoms with Crippen molar-refractivity contribution in [3.8, 4) is 17.1 Å². The molecule has 1 N–H and O–H groups in total. The van der Waals surface area contributed by atoms with E-state index in [1.807, 2.05) is 36.9 Å². The first-order chi connectivity index (χ1) is 11.7. The molecule has 4 rings (SSSR count). The van der Waals surface area contributed by atoms with E-state index in [4.69, 9.17) is 9.72 Å². The maximum absolute atomic E-state index is 6.28. The molecule has 0 radical (unpaired) electrons. The Labute approximate surface area is 140 Å². The number of ether oxygens (including phenoxy) is 1. The van der Waals surface area contributed by atoms with Crippen molar-refractivity contribution in [3.05, 3.63) is 30.4 Å². The highest BCUT2D eigenvalue weighted by molar-refractivity contribution is 5.65. The molecule has 1 aliphatic rings. The molecular weight excluding hydrogens is 304 g/mol. The van der Waals surface area contributed by atoms with E-state index in [-0.39, 0.29) is 6.10 Å². The van der Waals surface area contributed by atoms with Gasteiger partial charge in [-0.3, -0.25) is 4.68 Å². The average Bonchev–Trinajstić information content (AvgIpc) is 3.07. The van der Waals surface area contributed by atoms with E-state index in [1.165, 1.54) is 0 Å². The van der Waals surface area contributed by atoms with E-state index >= 15 is 0 Å². The van der Waals surface area contributed by atoms with Crippen LogP contribution in [0.4, 0.5) is 0 Å². The van der Waals surface area contributed by atoms with Crippen LogP contribution in [0.25, 0.3) is 16.8 Å².